The smallest absolute Gasteiger partial charge is 0.337 e. The number of ether oxygens (including phenoxy) is 2. The van der Waals surface area contributed by atoms with Gasteiger partial charge in [-0.3, -0.25) is 9.36 Å². The van der Waals surface area contributed by atoms with Gasteiger partial charge in [-0.25, -0.2) is 4.52 Å². The van der Waals surface area contributed by atoms with Crippen molar-refractivity contribution < 1.29 is 28.3 Å². The molecule has 0 spiro atoms. The molecule has 128 valence electrons. The summed E-state index contributed by atoms with van der Waals surface area (Å²) in [5.41, 5.74) is 0.670. The van der Waals surface area contributed by atoms with Gasteiger partial charge < -0.3 is 14.4 Å². The van der Waals surface area contributed by atoms with Gasteiger partial charge in [0.15, 0.2) is 0 Å². The molecule has 1 aliphatic rings. The average molecular weight is 342 g/mol. The van der Waals surface area contributed by atoms with Crippen molar-refractivity contribution in [2.75, 3.05) is 6.61 Å². The van der Waals surface area contributed by atoms with E-state index in [-0.39, 0.29) is 19.0 Å². The molecule has 1 aromatic carbocycles. The quantitative estimate of drug-likeness (QED) is 0.442. The number of benzene rings is 1. The van der Waals surface area contributed by atoms with E-state index < -0.39 is 19.5 Å². The topological polar surface area (TPSA) is 82.1 Å². The van der Waals surface area contributed by atoms with E-state index in [0.717, 1.165) is 6.42 Å². The molecule has 0 saturated carbocycles. The summed E-state index contributed by atoms with van der Waals surface area (Å²) >= 11 is 0. The number of rotatable bonds is 8. The third-order valence-corrected chi connectivity index (χ3v) is 4.79. The summed E-state index contributed by atoms with van der Waals surface area (Å²) in [5.74, 6) is -2.21. The molecular weight excluding hydrogens is 319 g/mol. The van der Waals surface area contributed by atoms with E-state index in [4.69, 9.17) is 14.0 Å². The molecule has 1 N–H and O–H groups in total. The molecule has 0 bridgehead atoms. The summed E-state index contributed by atoms with van der Waals surface area (Å²) in [5, 5.41) is 0. The van der Waals surface area contributed by atoms with Crippen LogP contribution in [0, 0.1) is 0 Å². The van der Waals surface area contributed by atoms with Gasteiger partial charge in [0.2, 0.25) is 0 Å². The zero-order valence-electron chi connectivity index (χ0n) is 13.3. The number of hydrogen-bond acceptors (Lipinski definition) is 5. The van der Waals surface area contributed by atoms with Crippen molar-refractivity contribution in [1.82, 2.24) is 0 Å². The SMILES string of the molecule is CCCCC(=O)OC1(OP(=O)(O)Cc2ccccc2)CCCO1. The van der Waals surface area contributed by atoms with Crippen molar-refractivity contribution in [2.24, 2.45) is 0 Å². The number of esters is 1. The van der Waals surface area contributed by atoms with Crippen LogP contribution in [0.5, 0.6) is 0 Å². The fraction of sp³-hybridized carbons (Fsp3) is 0.562. The van der Waals surface area contributed by atoms with E-state index in [9.17, 15) is 14.3 Å². The predicted molar refractivity (Wildman–Crippen MR) is 84.6 cm³/mol. The van der Waals surface area contributed by atoms with Crippen LogP contribution in [0.4, 0.5) is 0 Å². The van der Waals surface area contributed by atoms with Gasteiger partial charge in [0, 0.05) is 12.8 Å². The van der Waals surface area contributed by atoms with Gasteiger partial charge in [0.25, 0.3) is 0 Å². The fourth-order valence-electron chi connectivity index (χ4n) is 2.37. The zero-order valence-corrected chi connectivity index (χ0v) is 14.2. The van der Waals surface area contributed by atoms with Crippen LogP contribution in [-0.4, -0.2) is 23.4 Å². The zero-order chi connectivity index (χ0) is 16.8. The Morgan fingerprint density at radius 2 is 2.13 bits per heavy atom. The molecule has 0 radical (unpaired) electrons. The first kappa shape index (κ1) is 18.1. The van der Waals surface area contributed by atoms with Crippen molar-refractivity contribution >= 4 is 13.6 Å². The van der Waals surface area contributed by atoms with Crippen molar-refractivity contribution in [2.45, 2.75) is 51.2 Å². The van der Waals surface area contributed by atoms with Crippen LogP contribution in [-0.2, 0) is 29.5 Å². The summed E-state index contributed by atoms with van der Waals surface area (Å²) in [6, 6.07) is 8.86. The van der Waals surface area contributed by atoms with E-state index in [1.165, 1.54) is 0 Å². The molecule has 6 nitrogen and oxygen atoms in total. The minimum Gasteiger partial charge on any atom is -0.407 e. The normalized spacial score (nSPS) is 23.4. The molecule has 0 amide bonds. The van der Waals surface area contributed by atoms with Crippen LogP contribution in [0.3, 0.4) is 0 Å². The monoisotopic (exact) mass is 342 g/mol. The second-order valence-electron chi connectivity index (χ2n) is 5.59. The Labute approximate surface area is 136 Å². The molecule has 2 atom stereocenters. The van der Waals surface area contributed by atoms with Gasteiger partial charge in [-0.2, -0.15) is 0 Å². The van der Waals surface area contributed by atoms with Gasteiger partial charge in [-0.05, 0) is 18.4 Å². The van der Waals surface area contributed by atoms with Crippen molar-refractivity contribution in [3.05, 3.63) is 35.9 Å². The first-order chi connectivity index (χ1) is 10.9. The third kappa shape index (κ3) is 5.74. The first-order valence-electron chi connectivity index (χ1n) is 7.87. The Hall–Kier alpha value is -1.20. The molecule has 0 aromatic heterocycles. The Morgan fingerprint density at radius 1 is 1.39 bits per heavy atom. The lowest BCUT2D eigenvalue weighted by Crippen LogP contribution is -2.36. The third-order valence-electron chi connectivity index (χ3n) is 3.46. The second-order valence-corrected chi connectivity index (χ2v) is 7.36. The minimum atomic E-state index is -4.01. The minimum absolute atomic E-state index is 0.161. The Morgan fingerprint density at radius 3 is 2.74 bits per heavy atom. The highest BCUT2D eigenvalue weighted by atomic mass is 31.2. The van der Waals surface area contributed by atoms with Gasteiger partial charge >= 0.3 is 19.5 Å². The van der Waals surface area contributed by atoms with Crippen LogP contribution in [0.2, 0.25) is 0 Å². The molecule has 7 heteroatoms. The van der Waals surface area contributed by atoms with E-state index >= 15 is 0 Å². The maximum atomic E-state index is 12.4. The number of carbonyl (C=O) groups excluding carboxylic acids is 1. The lowest BCUT2D eigenvalue weighted by molar-refractivity contribution is -0.306. The molecular formula is C16H23O6P. The highest BCUT2D eigenvalue weighted by Gasteiger charge is 2.46. The van der Waals surface area contributed by atoms with E-state index in [0.29, 0.717) is 25.0 Å². The predicted octanol–water partition coefficient (Wildman–Crippen LogP) is 3.59. The van der Waals surface area contributed by atoms with Gasteiger partial charge in [-0.15, -0.1) is 0 Å². The molecule has 1 saturated heterocycles. The van der Waals surface area contributed by atoms with Crippen LogP contribution in [0.1, 0.15) is 44.6 Å². The lowest BCUT2D eigenvalue weighted by atomic mass is 10.2. The average Bonchev–Trinajstić information content (AvgIpc) is 2.92. The molecule has 1 aromatic rings. The summed E-state index contributed by atoms with van der Waals surface area (Å²) in [6.45, 7) is 2.29. The van der Waals surface area contributed by atoms with Crippen LogP contribution < -0.4 is 0 Å². The number of unbranched alkanes of at least 4 members (excludes halogenated alkanes) is 1. The maximum Gasteiger partial charge on any atom is 0.337 e. The molecule has 2 rings (SSSR count). The van der Waals surface area contributed by atoms with Crippen molar-refractivity contribution in [1.29, 1.82) is 0 Å². The molecule has 0 aliphatic carbocycles. The summed E-state index contributed by atoms with van der Waals surface area (Å²) in [4.78, 5) is 22.0. The summed E-state index contributed by atoms with van der Waals surface area (Å²) < 4.78 is 28.3. The molecule has 1 aliphatic heterocycles. The Kier molecular flexibility index (Phi) is 6.36. The van der Waals surface area contributed by atoms with E-state index in [1.807, 2.05) is 13.0 Å². The molecule has 2 unspecified atom stereocenters. The van der Waals surface area contributed by atoms with E-state index in [1.54, 1.807) is 24.3 Å². The fourth-order valence-corrected chi connectivity index (χ4v) is 3.72. The van der Waals surface area contributed by atoms with Crippen molar-refractivity contribution in [3.8, 4) is 0 Å². The van der Waals surface area contributed by atoms with Gasteiger partial charge in [0.05, 0.1) is 12.8 Å². The Balaban J connectivity index is 2.03. The van der Waals surface area contributed by atoms with Gasteiger partial charge in [-0.1, -0.05) is 43.7 Å². The lowest BCUT2D eigenvalue weighted by Gasteiger charge is -2.29. The van der Waals surface area contributed by atoms with E-state index in [2.05, 4.69) is 0 Å². The molecule has 23 heavy (non-hydrogen) atoms. The van der Waals surface area contributed by atoms with Crippen LogP contribution in [0.25, 0.3) is 0 Å². The molecule has 1 heterocycles. The largest absolute Gasteiger partial charge is 0.407 e. The summed E-state index contributed by atoms with van der Waals surface area (Å²) in [7, 11) is -4.01. The number of carbonyl (C=O) groups is 1. The highest BCUT2D eigenvalue weighted by Crippen LogP contribution is 2.52. The maximum absolute atomic E-state index is 12.4. The highest BCUT2D eigenvalue weighted by molar-refractivity contribution is 7.52. The van der Waals surface area contributed by atoms with Gasteiger partial charge in [0.1, 0.15) is 0 Å². The Bertz CT molecular complexity index is 553. The summed E-state index contributed by atoms with van der Waals surface area (Å²) in [6.07, 6.45) is 2.48. The van der Waals surface area contributed by atoms with Crippen molar-refractivity contribution in [3.63, 3.8) is 0 Å². The van der Waals surface area contributed by atoms with Crippen LogP contribution in [0.15, 0.2) is 30.3 Å². The first-order valence-corrected chi connectivity index (χ1v) is 9.63. The second kappa shape index (κ2) is 8.06. The van der Waals surface area contributed by atoms with Crippen LogP contribution >= 0.6 is 7.60 Å². The standard InChI is InChI=1S/C16H23O6P/c1-2-3-10-15(17)21-16(11-7-12-20-16)22-23(18,19)13-14-8-5-4-6-9-14/h4-6,8-9H,2-3,7,10-13H2,1H3,(H,18,19). The molecule has 1 fully saturated rings. The number of hydrogen-bond donors (Lipinski definition) is 1.